The predicted molar refractivity (Wildman–Crippen MR) is 74.5 cm³/mol. The van der Waals surface area contributed by atoms with Crippen LogP contribution in [0.2, 0.25) is 0 Å². The molecule has 0 aromatic heterocycles. The van der Waals surface area contributed by atoms with E-state index in [-0.39, 0.29) is 11.5 Å². The summed E-state index contributed by atoms with van der Waals surface area (Å²) in [5, 5.41) is 13.0. The van der Waals surface area contributed by atoms with Crippen LogP contribution in [0.25, 0.3) is 0 Å². The van der Waals surface area contributed by atoms with Crippen molar-refractivity contribution in [3.05, 3.63) is 0 Å². The molecule has 0 bridgehead atoms. The number of nitriles is 1. The molecule has 19 heavy (non-hydrogen) atoms. The molecular formula is C13H23N3O2S. The number of nitrogens with zero attached hydrogens (tertiary/aromatic N) is 2. The fraction of sp³-hybridized carbons (Fsp3) is 0.923. The maximum absolute atomic E-state index is 11.4. The highest BCUT2D eigenvalue weighted by Crippen LogP contribution is 2.40. The van der Waals surface area contributed by atoms with Crippen LogP contribution in [0.5, 0.6) is 0 Å². The Morgan fingerprint density at radius 2 is 2.00 bits per heavy atom. The van der Waals surface area contributed by atoms with Crippen molar-refractivity contribution < 1.29 is 8.42 Å². The first-order chi connectivity index (χ1) is 9.01. The van der Waals surface area contributed by atoms with Crippen molar-refractivity contribution in [2.24, 2.45) is 5.92 Å². The molecular weight excluding hydrogens is 262 g/mol. The molecule has 0 aromatic carbocycles. The van der Waals surface area contributed by atoms with E-state index in [1.807, 2.05) is 0 Å². The lowest BCUT2D eigenvalue weighted by Gasteiger charge is -2.36. The van der Waals surface area contributed by atoms with Gasteiger partial charge in [0.2, 0.25) is 0 Å². The van der Waals surface area contributed by atoms with E-state index in [1.165, 1.54) is 0 Å². The maximum Gasteiger partial charge on any atom is 0.152 e. The quantitative estimate of drug-likeness (QED) is 0.764. The second-order valence-corrected chi connectivity index (χ2v) is 8.02. The number of nitrogens with one attached hydrogen (secondary N) is 1. The van der Waals surface area contributed by atoms with E-state index in [4.69, 9.17) is 0 Å². The van der Waals surface area contributed by atoms with Gasteiger partial charge >= 0.3 is 0 Å². The van der Waals surface area contributed by atoms with Gasteiger partial charge < -0.3 is 0 Å². The molecule has 0 amide bonds. The fourth-order valence-corrected chi connectivity index (χ4v) is 3.96. The smallest absolute Gasteiger partial charge is 0.152 e. The molecule has 1 aliphatic carbocycles. The van der Waals surface area contributed by atoms with Gasteiger partial charge in [0.05, 0.1) is 17.6 Å². The third-order valence-corrected chi connectivity index (χ3v) is 5.68. The summed E-state index contributed by atoms with van der Waals surface area (Å²) in [5.74, 6) is 0.891. The molecule has 5 nitrogen and oxygen atoms in total. The Hall–Kier alpha value is -0.640. The van der Waals surface area contributed by atoms with Gasteiger partial charge in [0.15, 0.2) is 9.84 Å². The highest BCUT2D eigenvalue weighted by Gasteiger charge is 2.46. The first-order valence-corrected chi connectivity index (χ1v) is 8.92. The van der Waals surface area contributed by atoms with E-state index in [1.54, 1.807) is 0 Å². The Bertz CT molecular complexity index is 439. The van der Waals surface area contributed by atoms with E-state index in [0.29, 0.717) is 25.6 Å². The van der Waals surface area contributed by atoms with Crippen LogP contribution in [0.15, 0.2) is 0 Å². The largest absolute Gasteiger partial charge is 0.298 e. The van der Waals surface area contributed by atoms with Crippen molar-refractivity contribution in [2.45, 2.75) is 31.7 Å². The van der Waals surface area contributed by atoms with Crippen molar-refractivity contribution in [3.63, 3.8) is 0 Å². The van der Waals surface area contributed by atoms with Crippen LogP contribution in [0.3, 0.4) is 0 Å². The van der Waals surface area contributed by atoms with E-state index >= 15 is 0 Å². The SMILES string of the molecule is CCCNC(C#N)(CN1CCS(=O)(=O)CC1)C1CC1. The van der Waals surface area contributed by atoms with Crippen LogP contribution in [0.4, 0.5) is 0 Å². The predicted octanol–water partition coefficient (Wildman–Crippen LogP) is 0.389. The van der Waals surface area contributed by atoms with Gasteiger partial charge in [0, 0.05) is 19.6 Å². The average molecular weight is 285 g/mol. The molecule has 1 saturated carbocycles. The van der Waals surface area contributed by atoms with Crippen molar-refractivity contribution in [1.29, 1.82) is 5.26 Å². The van der Waals surface area contributed by atoms with Gasteiger partial charge in [-0.25, -0.2) is 8.42 Å². The molecule has 1 N–H and O–H groups in total. The number of hydrogen-bond acceptors (Lipinski definition) is 5. The minimum atomic E-state index is -2.84. The van der Waals surface area contributed by atoms with Crippen molar-refractivity contribution in [1.82, 2.24) is 10.2 Å². The molecule has 1 heterocycles. The van der Waals surface area contributed by atoms with Crippen LogP contribution in [0.1, 0.15) is 26.2 Å². The summed E-state index contributed by atoms with van der Waals surface area (Å²) in [6, 6.07) is 2.48. The minimum Gasteiger partial charge on any atom is -0.298 e. The second kappa shape index (κ2) is 5.78. The number of hydrogen-bond donors (Lipinski definition) is 1. The Labute approximate surface area is 115 Å². The summed E-state index contributed by atoms with van der Waals surface area (Å²) in [6.45, 7) is 4.72. The normalized spacial score (nSPS) is 26.5. The van der Waals surface area contributed by atoms with E-state index in [2.05, 4.69) is 23.2 Å². The summed E-state index contributed by atoms with van der Waals surface area (Å²) in [5.41, 5.74) is -0.475. The third kappa shape index (κ3) is 3.68. The molecule has 6 heteroatoms. The van der Waals surface area contributed by atoms with Crippen LogP contribution in [-0.2, 0) is 9.84 Å². The van der Waals surface area contributed by atoms with Gasteiger partial charge in [-0.3, -0.25) is 10.2 Å². The minimum absolute atomic E-state index is 0.229. The second-order valence-electron chi connectivity index (χ2n) is 5.71. The summed E-state index contributed by atoms with van der Waals surface area (Å²) in [4.78, 5) is 2.13. The molecule has 108 valence electrons. The third-order valence-electron chi connectivity index (χ3n) is 4.07. The number of sulfone groups is 1. The monoisotopic (exact) mass is 285 g/mol. The van der Waals surface area contributed by atoms with Gasteiger partial charge in [-0.2, -0.15) is 5.26 Å². The zero-order chi connectivity index (χ0) is 13.9. The van der Waals surface area contributed by atoms with Gasteiger partial charge in [-0.1, -0.05) is 6.92 Å². The topological polar surface area (TPSA) is 73.2 Å². The lowest BCUT2D eigenvalue weighted by Crippen LogP contribution is -2.57. The summed E-state index contributed by atoms with van der Waals surface area (Å²) in [6.07, 6.45) is 3.22. The average Bonchev–Trinajstić information content (AvgIpc) is 3.21. The molecule has 1 aliphatic heterocycles. The Morgan fingerprint density at radius 1 is 1.37 bits per heavy atom. The number of rotatable bonds is 6. The van der Waals surface area contributed by atoms with Crippen LogP contribution in [0, 0.1) is 17.2 Å². The molecule has 2 aliphatic rings. The fourth-order valence-electron chi connectivity index (χ4n) is 2.68. The molecule has 2 fully saturated rings. The highest BCUT2D eigenvalue weighted by atomic mass is 32.2. The molecule has 2 rings (SSSR count). The molecule has 1 saturated heterocycles. The summed E-state index contributed by atoms with van der Waals surface area (Å²) >= 11 is 0. The van der Waals surface area contributed by atoms with Crippen LogP contribution >= 0.6 is 0 Å². The highest BCUT2D eigenvalue weighted by molar-refractivity contribution is 7.91. The van der Waals surface area contributed by atoms with Gasteiger partial charge in [-0.15, -0.1) is 0 Å². The Morgan fingerprint density at radius 3 is 2.47 bits per heavy atom. The first-order valence-electron chi connectivity index (χ1n) is 7.10. The van der Waals surface area contributed by atoms with E-state index in [9.17, 15) is 13.7 Å². The van der Waals surface area contributed by atoms with Gasteiger partial charge in [0.25, 0.3) is 0 Å². The van der Waals surface area contributed by atoms with Crippen LogP contribution < -0.4 is 5.32 Å². The van der Waals surface area contributed by atoms with E-state index in [0.717, 1.165) is 25.8 Å². The molecule has 1 atom stereocenters. The maximum atomic E-state index is 11.4. The lowest BCUT2D eigenvalue weighted by molar-refractivity contribution is 0.207. The lowest BCUT2D eigenvalue weighted by atomic mass is 9.93. The molecule has 1 unspecified atom stereocenters. The van der Waals surface area contributed by atoms with Crippen molar-refractivity contribution in [2.75, 3.05) is 37.7 Å². The van der Waals surface area contributed by atoms with Gasteiger partial charge in [-0.05, 0) is 31.7 Å². The summed E-state index contributed by atoms with van der Waals surface area (Å²) < 4.78 is 22.9. The Balaban J connectivity index is 1.98. The zero-order valence-electron chi connectivity index (χ0n) is 11.6. The van der Waals surface area contributed by atoms with Crippen LogP contribution in [-0.4, -0.2) is 56.5 Å². The standard InChI is InChI=1S/C13H23N3O2S/c1-2-5-15-13(10-14,12-3-4-12)11-16-6-8-19(17,18)9-7-16/h12,15H,2-9,11H2,1H3. The van der Waals surface area contributed by atoms with Crippen molar-refractivity contribution >= 4 is 9.84 Å². The van der Waals surface area contributed by atoms with Gasteiger partial charge in [0.1, 0.15) is 5.54 Å². The summed E-state index contributed by atoms with van der Waals surface area (Å²) in [7, 11) is -2.84. The molecule has 0 radical (unpaired) electrons. The Kier molecular flexibility index (Phi) is 4.49. The zero-order valence-corrected chi connectivity index (χ0v) is 12.4. The van der Waals surface area contributed by atoms with Crippen molar-refractivity contribution in [3.8, 4) is 6.07 Å². The van der Waals surface area contributed by atoms with E-state index < -0.39 is 15.4 Å². The molecule has 0 spiro atoms. The molecule has 0 aromatic rings. The first kappa shape index (κ1) is 14.8.